The maximum absolute atomic E-state index is 12.8. The van der Waals surface area contributed by atoms with Crippen LogP contribution in [0.4, 0.5) is 0 Å². The molecule has 34 heavy (non-hydrogen) atoms. The molecule has 0 radical (unpaired) electrons. The summed E-state index contributed by atoms with van der Waals surface area (Å²) in [6.07, 6.45) is 9.27. The van der Waals surface area contributed by atoms with Gasteiger partial charge in [-0.1, -0.05) is 86.8 Å². The van der Waals surface area contributed by atoms with E-state index in [1.807, 2.05) is 0 Å². The van der Waals surface area contributed by atoms with Gasteiger partial charge < -0.3 is 14.0 Å². The lowest BCUT2D eigenvalue weighted by Gasteiger charge is -2.40. The van der Waals surface area contributed by atoms with Gasteiger partial charge in [-0.25, -0.2) is 0 Å². The monoisotopic (exact) mass is 512 g/mol. The highest BCUT2D eigenvalue weighted by atomic mass is 28.4. The molecule has 0 aromatic heterocycles. The Balaban J connectivity index is 3.21. The standard InChI is InChI=1S/C28H56O4Si2/c1-13-14-15-21(2)18-22(31-33(9,10)27(3,4)5)16-17-23-24(20-29)25(30)19-26(23)32-34(11,12)28(6,7)8/h16-17,21-24,26,29H,13-15,18-20H2,1-12H3/b17-16+. The summed E-state index contributed by atoms with van der Waals surface area (Å²) in [7, 11) is -3.99. The van der Waals surface area contributed by atoms with Crippen molar-refractivity contribution in [2.75, 3.05) is 6.61 Å². The van der Waals surface area contributed by atoms with Crippen molar-refractivity contribution in [1.82, 2.24) is 0 Å². The Kier molecular flexibility index (Phi) is 11.5. The van der Waals surface area contributed by atoms with E-state index in [9.17, 15) is 9.90 Å². The van der Waals surface area contributed by atoms with Gasteiger partial charge in [0.15, 0.2) is 16.6 Å². The molecule has 1 saturated carbocycles. The summed E-state index contributed by atoms with van der Waals surface area (Å²) in [6.45, 7) is 27.1. The van der Waals surface area contributed by atoms with Gasteiger partial charge in [-0.3, -0.25) is 4.79 Å². The summed E-state index contributed by atoms with van der Waals surface area (Å²) in [5.41, 5.74) is 0. The van der Waals surface area contributed by atoms with Crippen LogP contribution in [0.3, 0.4) is 0 Å². The third-order valence-corrected chi connectivity index (χ3v) is 17.7. The molecule has 5 unspecified atom stereocenters. The van der Waals surface area contributed by atoms with Crippen molar-refractivity contribution in [2.24, 2.45) is 17.8 Å². The average Bonchev–Trinajstić information content (AvgIpc) is 2.95. The molecule has 6 heteroatoms. The molecule has 0 bridgehead atoms. The lowest BCUT2D eigenvalue weighted by molar-refractivity contribution is -0.122. The van der Waals surface area contributed by atoms with Crippen LogP contribution in [-0.2, 0) is 13.6 Å². The summed E-state index contributed by atoms with van der Waals surface area (Å²) in [6, 6.07) is 0. The molecule has 4 nitrogen and oxygen atoms in total. The second-order valence-corrected chi connectivity index (χ2v) is 23.3. The Morgan fingerprint density at radius 1 is 1.06 bits per heavy atom. The quantitative estimate of drug-likeness (QED) is 0.215. The number of aliphatic hydroxyl groups is 1. The Morgan fingerprint density at radius 3 is 2.09 bits per heavy atom. The first kappa shape index (κ1) is 31.8. The Hall–Kier alpha value is -0.276. The lowest BCUT2D eigenvalue weighted by atomic mass is 9.92. The molecule has 200 valence electrons. The first-order valence-corrected chi connectivity index (χ1v) is 19.4. The fraction of sp³-hybridized carbons (Fsp3) is 0.893. The van der Waals surface area contributed by atoms with Gasteiger partial charge in [0, 0.05) is 18.3 Å². The fourth-order valence-corrected chi connectivity index (χ4v) is 6.79. The first-order chi connectivity index (χ1) is 15.4. The van der Waals surface area contributed by atoms with Crippen LogP contribution in [-0.4, -0.2) is 46.3 Å². The third-order valence-electron chi connectivity index (χ3n) is 8.64. The van der Waals surface area contributed by atoms with Gasteiger partial charge in [-0.05, 0) is 48.6 Å². The van der Waals surface area contributed by atoms with E-state index in [0.29, 0.717) is 12.3 Å². The number of unbranched alkanes of at least 4 members (excludes halogenated alkanes) is 1. The number of carbonyl (C=O) groups is 1. The van der Waals surface area contributed by atoms with E-state index in [4.69, 9.17) is 8.85 Å². The van der Waals surface area contributed by atoms with Crippen LogP contribution in [0.25, 0.3) is 0 Å². The van der Waals surface area contributed by atoms with Crippen molar-refractivity contribution in [3.05, 3.63) is 12.2 Å². The second kappa shape index (κ2) is 12.3. The molecule has 0 heterocycles. The van der Waals surface area contributed by atoms with E-state index in [0.717, 1.165) is 6.42 Å². The zero-order valence-corrected chi connectivity index (χ0v) is 26.5. The van der Waals surface area contributed by atoms with Crippen molar-refractivity contribution in [1.29, 1.82) is 0 Å². The van der Waals surface area contributed by atoms with Gasteiger partial charge in [0.05, 0.1) is 18.8 Å². The molecule has 1 aliphatic carbocycles. The SMILES string of the molecule is CCCCC(C)CC(/C=C/C1C(O[Si](C)(C)C(C)(C)C)CC(=O)C1CO)O[Si](C)(C)C(C)(C)C. The van der Waals surface area contributed by atoms with E-state index in [1.165, 1.54) is 19.3 Å². The van der Waals surface area contributed by atoms with Crippen LogP contribution in [0.15, 0.2) is 12.2 Å². The average molecular weight is 513 g/mol. The Morgan fingerprint density at radius 2 is 1.62 bits per heavy atom. The predicted octanol–water partition coefficient (Wildman–Crippen LogP) is 7.74. The minimum absolute atomic E-state index is 0.0244. The molecule has 1 aliphatic rings. The molecule has 0 aromatic carbocycles. The Bertz CT molecular complexity index is 673. The normalized spacial score (nSPS) is 24.7. The van der Waals surface area contributed by atoms with E-state index < -0.39 is 16.6 Å². The molecular weight excluding hydrogens is 456 g/mol. The Labute approximate surface area is 213 Å². The highest BCUT2D eigenvalue weighted by Gasteiger charge is 2.47. The smallest absolute Gasteiger partial charge is 0.192 e. The van der Waals surface area contributed by atoms with E-state index in [1.54, 1.807) is 0 Å². The zero-order valence-electron chi connectivity index (χ0n) is 24.5. The summed E-state index contributed by atoms with van der Waals surface area (Å²) < 4.78 is 13.6. The van der Waals surface area contributed by atoms with Crippen LogP contribution in [0, 0.1) is 17.8 Å². The van der Waals surface area contributed by atoms with Gasteiger partial charge in [-0.2, -0.15) is 0 Å². The number of ketones is 1. The van der Waals surface area contributed by atoms with Crippen LogP contribution in [0.2, 0.25) is 36.3 Å². The van der Waals surface area contributed by atoms with E-state index in [2.05, 4.69) is 93.7 Å². The van der Waals surface area contributed by atoms with Crippen molar-refractivity contribution in [3.8, 4) is 0 Å². The van der Waals surface area contributed by atoms with Gasteiger partial charge >= 0.3 is 0 Å². The maximum atomic E-state index is 12.8. The number of aliphatic hydroxyl groups excluding tert-OH is 1. The van der Waals surface area contributed by atoms with Gasteiger partial charge in [0.1, 0.15) is 5.78 Å². The number of hydrogen-bond donors (Lipinski definition) is 1. The van der Waals surface area contributed by atoms with E-state index in [-0.39, 0.29) is 46.5 Å². The fourth-order valence-electron chi connectivity index (χ4n) is 4.16. The summed E-state index contributed by atoms with van der Waals surface area (Å²) in [4.78, 5) is 12.8. The second-order valence-electron chi connectivity index (χ2n) is 13.7. The number of carbonyl (C=O) groups excluding carboxylic acids is 1. The van der Waals surface area contributed by atoms with Crippen molar-refractivity contribution >= 4 is 22.4 Å². The van der Waals surface area contributed by atoms with E-state index >= 15 is 0 Å². The molecule has 0 aromatic rings. The third kappa shape index (κ3) is 8.68. The van der Waals surface area contributed by atoms with Crippen LogP contribution in [0.5, 0.6) is 0 Å². The molecule has 0 saturated heterocycles. The summed E-state index contributed by atoms with van der Waals surface area (Å²) >= 11 is 0. The van der Waals surface area contributed by atoms with Gasteiger partial charge in [-0.15, -0.1) is 0 Å². The zero-order chi connectivity index (χ0) is 26.5. The first-order valence-electron chi connectivity index (χ1n) is 13.5. The molecule has 0 aliphatic heterocycles. The van der Waals surface area contributed by atoms with Crippen LogP contribution < -0.4 is 0 Å². The van der Waals surface area contributed by atoms with Gasteiger partial charge in [0.2, 0.25) is 0 Å². The molecule has 1 N–H and O–H groups in total. The molecule has 1 rings (SSSR count). The minimum atomic E-state index is -2.04. The summed E-state index contributed by atoms with van der Waals surface area (Å²) in [5.74, 6) is 0.233. The lowest BCUT2D eigenvalue weighted by Crippen LogP contribution is -2.45. The molecular formula is C28H56O4Si2. The highest BCUT2D eigenvalue weighted by molar-refractivity contribution is 6.74. The molecule has 0 amide bonds. The number of hydrogen-bond acceptors (Lipinski definition) is 4. The number of rotatable bonds is 12. The summed E-state index contributed by atoms with van der Waals surface area (Å²) in [5, 5.41) is 10.3. The topological polar surface area (TPSA) is 55.8 Å². The van der Waals surface area contributed by atoms with Gasteiger partial charge in [0.25, 0.3) is 0 Å². The minimum Gasteiger partial charge on any atom is -0.413 e. The highest BCUT2D eigenvalue weighted by Crippen LogP contribution is 2.42. The van der Waals surface area contributed by atoms with Crippen molar-refractivity contribution < 1.29 is 18.8 Å². The largest absolute Gasteiger partial charge is 0.413 e. The van der Waals surface area contributed by atoms with Crippen molar-refractivity contribution in [3.63, 3.8) is 0 Å². The number of Topliss-reactive ketones (excluding diaryl/α,β-unsaturated/α-hetero) is 1. The molecule has 0 spiro atoms. The molecule has 5 atom stereocenters. The van der Waals surface area contributed by atoms with Crippen LogP contribution in [0.1, 0.15) is 87.5 Å². The van der Waals surface area contributed by atoms with Crippen LogP contribution >= 0.6 is 0 Å². The van der Waals surface area contributed by atoms with Crippen molar-refractivity contribution in [2.45, 2.75) is 136 Å². The molecule has 1 fully saturated rings. The predicted molar refractivity (Wildman–Crippen MR) is 150 cm³/mol. The maximum Gasteiger partial charge on any atom is 0.192 e.